The Morgan fingerprint density at radius 2 is 1.78 bits per heavy atom. The fraction of sp³-hybridized carbons (Fsp3) is 0.600. The van der Waals surface area contributed by atoms with Gasteiger partial charge < -0.3 is 5.11 Å². The van der Waals surface area contributed by atoms with Gasteiger partial charge in [0, 0.05) is 0 Å². The van der Waals surface area contributed by atoms with Crippen molar-refractivity contribution in [2.45, 2.75) is 19.4 Å². The molecule has 0 atom stereocenters. The van der Waals surface area contributed by atoms with Crippen molar-refractivity contribution in [2.75, 3.05) is 0 Å². The maximum Gasteiger partial charge on any atom is 0.206 e. The van der Waals surface area contributed by atoms with Crippen LogP contribution in [0.4, 0.5) is 4.39 Å². The van der Waals surface area contributed by atoms with Crippen molar-refractivity contribution in [3.05, 3.63) is 10.3 Å². The van der Waals surface area contributed by atoms with Gasteiger partial charge in [-0.25, -0.2) is 0 Å². The van der Waals surface area contributed by atoms with Gasteiger partial charge in [0.1, 0.15) is 0 Å². The lowest BCUT2D eigenvalue weighted by atomic mass is 10.1. The zero-order chi connectivity index (χ0) is 7.65. The third-order valence-corrected chi connectivity index (χ3v) is 1.62. The molecule has 54 valence electrons. The van der Waals surface area contributed by atoms with Gasteiger partial charge in [0.05, 0.1) is 10.6 Å². The molecule has 0 aliphatic heterocycles. The molecule has 0 aromatic carbocycles. The maximum absolute atomic E-state index is 11.9. The standard InChI is InChI=1S/C5H7Cl2FO/c1-5(2,9)3(6)4(7)8/h9H,1-2H3/b4-3+. The van der Waals surface area contributed by atoms with E-state index in [2.05, 4.69) is 0 Å². The molecule has 0 aliphatic rings. The fourth-order valence-corrected chi connectivity index (χ4v) is 0.462. The molecule has 0 rings (SSSR count). The molecule has 9 heavy (non-hydrogen) atoms. The summed E-state index contributed by atoms with van der Waals surface area (Å²) < 4.78 is 11.9. The van der Waals surface area contributed by atoms with E-state index in [0.29, 0.717) is 0 Å². The van der Waals surface area contributed by atoms with Crippen LogP contribution in [0.15, 0.2) is 10.3 Å². The molecule has 0 fully saturated rings. The lowest BCUT2D eigenvalue weighted by Crippen LogP contribution is -2.18. The first-order valence-electron chi connectivity index (χ1n) is 2.29. The molecule has 0 spiro atoms. The van der Waals surface area contributed by atoms with Gasteiger partial charge in [-0.05, 0) is 25.4 Å². The second-order valence-electron chi connectivity index (χ2n) is 2.13. The summed E-state index contributed by atoms with van der Waals surface area (Å²) in [4.78, 5) is 0. The first-order valence-corrected chi connectivity index (χ1v) is 3.05. The van der Waals surface area contributed by atoms with Crippen molar-refractivity contribution in [3.8, 4) is 0 Å². The topological polar surface area (TPSA) is 20.2 Å². The van der Waals surface area contributed by atoms with Crippen molar-refractivity contribution in [2.24, 2.45) is 0 Å². The highest BCUT2D eigenvalue weighted by atomic mass is 35.5. The monoisotopic (exact) mass is 172 g/mol. The van der Waals surface area contributed by atoms with Crippen LogP contribution in [-0.4, -0.2) is 10.7 Å². The van der Waals surface area contributed by atoms with Crippen molar-refractivity contribution in [3.63, 3.8) is 0 Å². The van der Waals surface area contributed by atoms with E-state index in [9.17, 15) is 4.39 Å². The van der Waals surface area contributed by atoms with E-state index >= 15 is 0 Å². The zero-order valence-corrected chi connectivity index (χ0v) is 6.59. The summed E-state index contributed by atoms with van der Waals surface area (Å²) in [6, 6.07) is 0. The summed E-state index contributed by atoms with van der Waals surface area (Å²) in [7, 11) is 0. The Labute approximate surface area is 63.1 Å². The van der Waals surface area contributed by atoms with Gasteiger partial charge in [0.25, 0.3) is 0 Å². The Morgan fingerprint density at radius 3 is 1.78 bits per heavy atom. The summed E-state index contributed by atoms with van der Waals surface area (Å²) in [5, 5.41) is 7.51. The van der Waals surface area contributed by atoms with Crippen molar-refractivity contribution < 1.29 is 9.50 Å². The third-order valence-electron chi connectivity index (χ3n) is 0.703. The van der Waals surface area contributed by atoms with Crippen molar-refractivity contribution in [1.82, 2.24) is 0 Å². The van der Waals surface area contributed by atoms with Crippen LogP contribution in [0.5, 0.6) is 0 Å². The molecule has 0 amide bonds. The molecule has 0 saturated heterocycles. The van der Waals surface area contributed by atoms with E-state index in [4.69, 9.17) is 28.3 Å². The molecule has 4 heteroatoms. The van der Waals surface area contributed by atoms with Crippen molar-refractivity contribution >= 4 is 23.2 Å². The van der Waals surface area contributed by atoms with Crippen LogP contribution in [0.2, 0.25) is 0 Å². The SMILES string of the molecule is CC(C)(O)/C(Cl)=C(\F)Cl. The van der Waals surface area contributed by atoms with Gasteiger partial charge in [0.15, 0.2) is 0 Å². The van der Waals surface area contributed by atoms with Gasteiger partial charge in [-0.2, -0.15) is 4.39 Å². The first-order chi connectivity index (χ1) is 3.85. The molecule has 1 N–H and O–H groups in total. The minimum absolute atomic E-state index is 0.371. The smallest absolute Gasteiger partial charge is 0.206 e. The summed E-state index contributed by atoms with van der Waals surface area (Å²) in [5.74, 6) is 0. The Balaban J connectivity index is 4.40. The Hall–Kier alpha value is 0.210. The van der Waals surface area contributed by atoms with Gasteiger partial charge >= 0.3 is 0 Å². The first kappa shape index (κ1) is 9.21. The predicted octanol–water partition coefficient (Wildman–Crippen LogP) is 2.37. The Bertz CT molecular complexity index is 132. The molecule has 1 nitrogen and oxygen atoms in total. The van der Waals surface area contributed by atoms with E-state index in [1.165, 1.54) is 13.8 Å². The normalized spacial score (nSPS) is 15.3. The Morgan fingerprint density at radius 1 is 1.44 bits per heavy atom. The predicted molar refractivity (Wildman–Crippen MR) is 36.1 cm³/mol. The molecule has 0 aliphatic carbocycles. The van der Waals surface area contributed by atoms with Gasteiger partial charge in [-0.1, -0.05) is 11.6 Å². The third kappa shape index (κ3) is 3.04. The van der Waals surface area contributed by atoms with Crippen LogP contribution in [0.25, 0.3) is 0 Å². The van der Waals surface area contributed by atoms with Crippen LogP contribution in [0, 0.1) is 0 Å². The molecule has 0 bridgehead atoms. The lowest BCUT2D eigenvalue weighted by molar-refractivity contribution is 0.126. The van der Waals surface area contributed by atoms with Crippen LogP contribution in [0.1, 0.15) is 13.8 Å². The number of aliphatic hydroxyl groups is 1. The van der Waals surface area contributed by atoms with Gasteiger partial charge in [0.2, 0.25) is 5.29 Å². The van der Waals surface area contributed by atoms with Crippen LogP contribution in [0.3, 0.4) is 0 Å². The second-order valence-corrected chi connectivity index (χ2v) is 2.84. The highest BCUT2D eigenvalue weighted by Gasteiger charge is 2.20. The number of hydrogen-bond acceptors (Lipinski definition) is 1. The Kier molecular flexibility index (Phi) is 2.93. The van der Waals surface area contributed by atoms with E-state index < -0.39 is 10.9 Å². The summed E-state index contributed by atoms with van der Waals surface area (Å²) in [6.07, 6.45) is 0. The van der Waals surface area contributed by atoms with E-state index in [1.807, 2.05) is 0 Å². The zero-order valence-electron chi connectivity index (χ0n) is 5.08. The molecule has 0 radical (unpaired) electrons. The average Bonchev–Trinajstić information content (AvgIpc) is 1.62. The molecular weight excluding hydrogens is 166 g/mol. The van der Waals surface area contributed by atoms with E-state index in [1.54, 1.807) is 0 Å². The molecule has 0 saturated carbocycles. The minimum atomic E-state index is -1.38. The van der Waals surface area contributed by atoms with Crippen LogP contribution >= 0.6 is 23.2 Å². The highest BCUT2D eigenvalue weighted by molar-refractivity contribution is 6.38. The molecule has 0 aromatic rings. The summed E-state index contributed by atoms with van der Waals surface area (Å²) in [5.41, 5.74) is -1.38. The van der Waals surface area contributed by atoms with Crippen molar-refractivity contribution in [1.29, 1.82) is 0 Å². The number of rotatable bonds is 1. The van der Waals surface area contributed by atoms with E-state index in [0.717, 1.165) is 0 Å². The quantitative estimate of drug-likeness (QED) is 0.645. The lowest BCUT2D eigenvalue weighted by Gasteiger charge is -2.14. The van der Waals surface area contributed by atoms with Crippen LogP contribution in [-0.2, 0) is 0 Å². The average molecular weight is 173 g/mol. The highest BCUT2D eigenvalue weighted by Crippen LogP contribution is 2.25. The van der Waals surface area contributed by atoms with Crippen LogP contribution < -0.4 is 0 Å². The largest absolute Gasteiger partial charge is 0.385 e. The minimum Gasteiger partial charge on any atom is -0.385 e. The molecular formula is C5H7Cl2FO. The molecule has 0 unspecified atom stereocenters. The second kappa shape index (κ2) is 2.86. The summed E-state index contributed by atoms with van der Waals surface area (Å²) in [6.45, 7) is 2.69. The molecule has 0 aromatic heterocycles. The van der Waals surface area contributed by atoms with Gasteiger partial charge in [-0.15, -0.1) is 0 Å². The maximum atomic E-state index is 11.9. The summed E-state index contributed by atoms with van der Waals surface area (Å²) >= 11 is 10.0. The van der Waals surface area contributed by atoms with Gasteiger partial charge in [-0.3, -0.25) is 0 Å². The fourth-order valence-electron chi connectivity index (χ4n) is 0.231. The number of hydrogen-bond donors (Lipinski definition) is 1. The van der Waals surface area contributed by atoms with E-state index in [-0.39, 0.29) is 5.03 Å². The molecule has 0 heterocycles. The number of halogens is 3.